The fourth-order valence-corrected chi connectivity index (χ4v) is 6.62. The van der Waals surface area contributed by atoms with E-state index in [-0.39, 0.29) is 40.7 Å². The molecule has 21 heteroatoms. The molecule has 4 N–H and O–H groups in total. The Morgan fingerprint density at radius 3 is 2.18 bits per heavy atom. The van der Waals surface area contributed by atoms with Crippen LogP contribution in [0.25, 0.3) is 22.3 Å². The maximum Gasteiger partial charge on any atom is 0.473 e. The smallest absolute Gasteiger partial charge is 0.390 e. The maximum absolute atomic E-state index is 15.9. The number of hydrogen-bond acceptors (Lipinski definition) is 14. The lowest BCUT2D eigenvalue weighted by Gasteiger charge is -2.25. The average molecular weight is 642 g/mol. The summed E-state index contributed by atoms with van der Waals surface area (Å²) in [6.07, 6.45) is -4.56. The van der Waals surface area contributed by atoms with Gasteiger partial charge in [-0.1, -0.05) is 0 Å². The third-order valence-electron chi connectivity index (χ3n) is 7.60. The molecular formula is C23H28FN8O11P. The molecule has 0 bridgehead atoms. The van der Waals surface area contributed by atoms with E-state index >= 15 is 4.39 Å². The first-order chi connectivity index (χ1) is 20.8. The molecule has 44 heavy (non-hydrogen) atoms. The predicted octanol–water partition coefficient (Wildman–Crippen LogP) is -1.64. The predicted molar refractivity (Wildman–Crippen MR) is 142 cm³/mol. The lowest BCUT2D eigenvalue weighted by atomic mass is 10.1. The largest absolute Gasteiger partial charge is 0.473 e. The minimum absolute atomic E-state index is 0.00876. The Balaban J connectivity index is 1.20. The number of nitrogens with zero attached hydrogens (tertiary/aromatic N) is 8. The topological polar surface area (TPSA) is 240 Å². The number of imidazole rings is 2. The summed E-state index contributed by atoms with van der Waals surface area (Å²) in [4.78, 5) is 51.8. The van der Waals surface area contributed by atoms with E-state index in [1.54, 1.807) is 4.57 Å². The quantitative estimate of drug-likeness (QED) is 0.118. The van der Waals surface area contributed by atoms with Gasteiger partial charge in [-0.2, -0.15) is 0 Å². The normalized spacial score (nSPS) is 28.9. The van der Waals surface area contributed by atoms with E-state index in [0.29, 0.717) is 0 Å². The highest BCUT2D eigenvalue weighted by Gasteiger charge is 2.52. The van der Waals surface area contributed by atoms with E-state index < -0.39 is 69.3 Å². The van der Waals surface area contributed by atoms with Crippen molar-refractivity contribution < 1.29 is 47.7 Å². The van der Waals surface area contributed by atoms with E-state index in [1.807, 2.05) is 0 Å². The molecule has 0 spiro atoms. The molecule has 0 radical (unpaired) electrons. The van der Waals surface area contributed by atoms with E-state index in [0.717, 1.165) is 10.9 Å². The van der Waals surface area contributed by atoms with Crippen LogP contribution in [0.5, 0.6) is 0 Å². The van der Waals surface area contributed by atoms with Gasteiger partial charge in [0.05, 0.1) is 44.1 Å². The van der Waals surface area contributed by atoms with E-state index in [4.69, 9.17) is 28.7 Å². The van der Waals surface area contributed by atoms with E-state index in [9.17, 15) is 24.2 Å². The summed E-state index contributed by atoms with van der Waals surface area (Å²) >= 11 is 0. The van der Waals surface area contributed by atoms with Crippen molar-refractivity contribution in [3.63, 3.8) is 0 Å². The van der Waals surface area contributed by atoms with Gasteiger partial charge in [0, 0.05) is 20.1 Å². The van der Waals surface area contributed by atoms with Gasteiger partial charge in [-0.15, -0.1) is 0 Å². The Kier molecular flexibility index (Phi) is 7.97. The third-order valence-corrected chi connectivity index (χ3v) is 8.65. The molecule has 0 aromatic carbocycles. The Morgan fingerprint density at radius 1 is 0.977 bits per heavy atom. The standard InChI is InChI=1S/C23H28FN8O11P/c1-29-6-27-18-15(20(29)34)25-8-31(18)10-3-11(33)12(4-10)42-44(38,39)43-17-13(5-40-23(36)37)41-22(14(17)24)32-9-26-16-19(32)28-7-30(2)21(16)35/h6-14,17,22-23,33,36-37H,3-5H2,1-2H3,(H,38,39)/t10-,11-,12-,13+,14+,17+,22+/m0/s1. The van der Waals surface area contributed by atoms with Gasteiger partial charge in [0.15, 0.2) is 34.7 Å². The molecular weight excluding hydrogens is 614 g/mol. The summed E-state index contributed by atoms with van der Waals surface area (Å²) in [7, 11) is -2.15. The van der Waals surface area contributed by atoms with E-state index in [2.05, 4.69) is 19.9 Å². The Hall–Kier alpha value is -3.46. The zero-order valence-corrected chi connectivity index (χ0v) is 24.0. The van der Waals surface area contributed by atoms with E-state index in [1.165, 1.54) is 42.2 Å². The van der Waals surface area contributed by atoms with Crippen LogP contribution >= 0.6 is 7.82 Å². The van der Waals surface area contributed by atoms with Crippen LogP contribution in [0, 0.1) is 0 Å². The maximum atomic E-state index is 15.9. The van der Waals surface area contributed by atoms with Crippen LogP contribution in [0.1, 0.15) is 25.1 Å². The molecule has 4 aromatic heterocycles. The second-order valence-electron chi connectivity index (χ2n) is 10.5. The van der Waals surface area contributed by atoms with Crippen molar-refractivity contribution in [2.24, 2.45) is 14.1 Å². The number of aliphatic hydroxyl groups excluding tert-OH is 2. The minimum Gasteiger partial charge on any atom is -0.390 e. The summed E-state index contributed by atoms with van der Waals surface area (Å²) in [5.74, 6) is 0. The first-order valence-corrected chi connectivity index (χ1v) is 14.8. The molecule has 1 saturated heterocycles. The van der Waals surface area contributed by atoms with Crippen LogP contribution in [0.3, 0.4) is 0 Å². The minimum atomic E-state index is -5.13. The number of fused-ring (bicyclic) bond motifs is 2. The van der Waals surface area contributed by atoms with Crippen molar-refractivity contribution in [1.82, 2.24) is 38.2 Å². The Labute approximate surface area is 245 Å². The monoisotopic (exact) mass is 642 g/mol. The van der Waals surface area contributed by atoms with Crippen molar-refractivity contribution in [3.05, 3.63) is 46.0 Å². The van der Waals surface area contributed by atoms with Gasteiger partial charge in [-0.3, -0.25) is 23.2 Å². The molecule has 1 aliphatic carbocycles. The summed E-state index contributed by atoms with van der Waals surface area (Å²) in [6.45, 7) is -2.96. The first kappa shape index (κ1) is 30.6. The zero-order valence-electron chi connectivity index (χ0n) is 23.1. The average Bonchev–Trinajstić information content (AvgIpc) is 3.73. The third kappa shape index (κ3) is 5.48. The number of rotatable bonds is 9. The number of phosphoric acid groups is 1. The van der Waals surface area contributed by atoms with Crippen molar-refractivity contribution in [1.29, 1.82) is 0 Å². The molecule has 6 rings (SSSR count). The molecule has 2 fully saturated rings. The zero-order chi connectivity index (χ0) is 31.5. The van der Waals surface area contributed by atoms with Crippen LogP contribution in [0.4, 0.5) is 4.39 Å². The molecule has 19 nitrogen and oxygen atoms in total. The summed E-state index contributed by atoms with van der Waals surface area (Å²) < 4.78 is 55.0. The number of hydrogen-bond donors (Lipinski definition) is 4. The number of ether oxygens (including phenoxy) is 2. The SMILES string of the molecule is Cn1cnc2c(ncn2[C@@H]2C[C@H](OP(=O)(O)O[C@H]3[C@@H](F)[C@H](n4cnc5c(=O)n(C)cnc54)O[C@@H]3COC(O)O)[C@@H](O)C2)c1=O. The Morgan fingerprint density at radius 2 is 1.57 bits per heavy atom. The molecule has 1 unspecified atom stereocenters. The highest BCUT2D eigenvalue weighted by atomic mass is 31.2. The molecule has 0 amide bonds. The van der Waals surface area contributed by atoms with Gasteiger partial charge >= 0.3 is 7.82 Å². The van der Waals surface area contributed by atoms with Crippen LogP contribution in [0.2, 0.25) is 0 Å². The molecule has 8 atom stereocenters. The van der Waals surface area contributed by atoms with Crippen LogP contribution in [0.15, 0.2) is 34.9 Å². The molecule has 1 saturated carbocycles. The van der Waals surface area contributed by atoms with Crippen molar-refractivity contribution in [3.8, 4) is 0 Å². The van der Waals surface area contributed by atoms with Gasteiger partial charge in [0.25, 0.3) is 17.6 Å². The molecule has 2 aliphatic rings. The van der Waals surface area contributed by atoms with Gasteiger partial charge in [-0.05, 0) is 12.8 Å². The van der Waals surface area contributed by atoms with Gasteiger partial charge in [0.2, 0.25) is 0 Å². The fourth-order valence-electron chi connectivity index (χ4n) is 5.44. The molecule has 238 valence electrons. The highest BCUT2D eigenvalue weighted by molar-refractivity contribution is 7.47. The number of aryl methyl sites for hydroxylation is 2. The summed E-state index contributed by atoms with van der Waals surface area (Å²) in [5.41, 5.74) is -0.640. The number of aromatic nitrogens is 8. The van der Waals surface area contributed by atoms with Crippen LogP contribution in [-0.4, -0.2) is 102 Å². The molecule has 4 aromatic rings. The highest BCUT2D eigenvalue weighted by Crippen LogP contribution is 2.52. The van der Waals surface area contributed by atoms with Crippen molar-refractivity contribution in [2.75, 3.05) is 6.61 Å². The van der Waals surface area contributed by atoms with Gasteiger partial charge < -0.3 is 43.4 Å². The van der Waals surface area contributed by atoms with Crippen LogP contribution < -0.4 is 11.1 Å². The number of halogens is 1. The second-order valence-corrected chi connectivity index (χ2v) is 11.9. The first-order valence-electron chi connectivity index (χ1n) is 13.3. The number of phosphoric ester groups is 1. The van der Waals surface area contributed by atoms with Crippen molar-refractivity contribution in [2.45, 2.75) is 62.2 Å². The number of aliphatic hydroxyl groups is 3. The lowest BCUT2D eigenvalue weighted by molar-refractivity contribution is -0.248. The lowest BCUT2D eigenvalue weighted by Crippen LogP contribution is -2.35. The summed E-state index contributed by atoms with van der Waals surface area (Å²) in [5, 5.41) is 29.0. The van der Waals surface area contributed by atoms with Crippen LogP contribution in [-0.2, 0) is 37.2 Å². The second kappa shape index (κ2) is 11.5. The fraction of sp³-hybridized carbons (Fsp3) is 0.565. The van der Waals surface area contributed by atoms with Gasteiger partial charge in [-0.25, -0.2) is 28.9 Å². The summed E-state index contributed by atoms with van der Waals surface area (Å²) in [6, 6.07) is -0.519. The Bertz CT molecular complexity index is 1860. The van der Waals surface area contributed by atoms with Crippen molar-refractivity contribution >= 4 is 30.2 Å². The van der Waals surface area contributed by atoms with Gasteiger partial charge in [0.1, 0.15) is 12.2 Å². The molecule has 1 aliphatic heterocycles. The molecule has 5 heterocycles. The number of alkyl halides is 1.